The number of nitrogens with zero attached hydrogens (tertiary/aromatic N) is 3. The van der Waals surface area contributed by atoms with Gasteiger partial charge in [0.15, 0.2) is 0 Å². The lowest BCUT2D eigenvalue weighted by atomic mass is 10.1. The van der Waals surface area contributed by atoms with Crippen LogP contribution in [0.15, 0.2) is 23.1 Å². The maximum absolute atomic E-state index is 13.2. The van der Waals surface area contributed by atoms with Crippen molar-refractivity contribution in [3.63, 3.8) is 0 Å². The van der Waals surface area contributed by atoms with Gasteiger partial charge in [-0.3, -0.25) is 9.59 Å². The third-order valence-corrected chi connectivity index (χ3v) is 6.71. The Morgan fingerprint density at radius 2 is 1.87 bits per heavy atom. The van der Waals surface area contributed by atoms with Crippen molar-refractivity contribution in [2.24, 2.45) is 0 Å². The first-order valence-electron chi connectivity index (χ1n) is 10.1. The third-order valence-electron chi connectivity index (χ3n) is 4.90. The maximum atomic E-state index is 13.2. The van der Waals surface area contributed by atoms with Crippen LogP contribution in [0.2, 0.25) is 0 Å². The van der Waals surface area contributed by atoms with Gasteiger partial charge in [0.05, 0.1) is 30.2 Å². The molecule has 1 aromatic rings. The topological polar surface area (TPSA) is 108 Å². The summed E-state index contributed by atoms with van der Waals surface area (Å²) >= 11 is 0. The molecule has 1 N–H and O–H groups in total. The molecule has 1 aliphatic heterocycles. The molecule has 0 spiro atoms. The molecule has 0 radical (unpaired) electrons. The van der Waals surface area contributed by atoms with E-state index in [0.29, 0.717) is 51.6 Å². The molecule has 174 valence electrons. The van der Waals surface area contributed by atoms with E-state index in [-0.39, 0.29) is 22.9 Å². The van der Waals surface area contributed by atoms with Crippen LogP contribution in [-0.4, -0.2) is 104 Å². The Balaban J connectivity index is 2.27. The molecule has 0 atom stereocenters. The van der Waals surface area contributed by atoms with Gasteiger partial charge in [0, 0.05) is 60.2 Å². The van der Waals surface area contributed by atoms with Crippen molar-refractivity contribution < 1.29 is 27.5 Å². The number of carbonyl (C=O) groups is 2. The summed E-state index contributed by atoms with van der Waals surface area (Å²) in [5.41, 5.74) is 0.859. The summed E-state index contributed by atoms with van der Waals surface area (Å²) in [5, 5.41) is 2.74. The second-order valence-electron chi connectivity index (χ2n) is 7.42. The SMILES string of the molecule is COCCCNC(=O)CN(C)C(=O)c1cc(S(=O)(=O)N(C)C)ccc1N1CCOCC1. The van der Waals surface area contributed by atoms with Gasteiger partial charge >= 0.3 is 0 Å². The highest BCUT2D eigenvalue weighted by Gasteiger charge is 2.26. The molecule has 1 heterocycles. The van der Waals surface area contributed by atoms with Crippen LogP contribution in [0.1, 0.15) is 16.8 Å². The summed E-state index contributed by atoms with van der Waals surface area (Å²) in [5.74, 6) is -0.721. The second kappa shape index (κ2) is 11.4. The van der Waals surface area contributed by atoms with E-state index >= 15 is 0 Å². The van der Waals surface area contributed by atoms with Gasteiger partial charge in [0.25, 0.3) is 5.91 Å². The van der Waals surface area contributed by atoms with Gasteiger partial charge in [-0.1, -0.05) is 0 Å². The Kier molecular flexibility index (Phi) is 9.23. The lowest BCUT2D eigenvalue weighted by Crippen LogP contribution is -2.41. The van der Waals surface area contributed by atoms with Crippen LogP contribution in [0.3, 0.4) is 0 Å². The number of rotatable bonds is 10. The molecule has 11 heteroatoms. The number of amides is 2. The molecular weight excluding hydrogens is 424 g/mol. The normalized spacial score (nSPS) is 14.5. The number of ether oxygens (including phenoxy) is 2. The second-order valence-corrected chi connectivity index (χ2v) is 9.58. The molecular formula is C20H32N4O6S. The van der Waals surface area contributed by atoms with E-state index in [1.165, 1.54) is 38.2 Å². The highest BCUT2D eigenvalue weighted by molar-refractivity contribution is 7.89. The molecule has 1 aromatic carbocycles. The van der Waals surface area contributed by atoms with Crippen LogP contribution in [0.4, 0.5) is 5.69 Å². The molecule has 10 nitrogen and oxygen atoms in total. The molecule has 0 saturated carbocycles. The Labute approximate surface area is 184 Å². The number of nitrogens with one attached hydrogen (secondary N) is 1. The van der Waals surface area contributed by atoms with Crippen LogP contribution in [0.25, 0.3) is 0 Å². The molecule has 1 saturated heterocycles. The predicted octanol–water partition coefficient (Wildman–Crippen LogP) is -0.00180. The van der Waals surface area contributed by atoms with E-state index in [1.807, 2.05) is 4.90 Å². The van der Waals surface area contributed by atoms with Crippen molar-refractivity contribution in [1.29, 1.82) is 0 Å². The molecule has 2 amide bonds. The van der Waals surface area contributed by atoms with Crippen LogP contribution in [0, 0.1) is 0 Å². The van der Waals surface area contributed by atoms with Crippen molar-refractivity contribution in [3.05, 3.63) is 23.8 Å². The number of benzene rings is 1. The van der Waals surface area contributed by atoms with Crippen molar-refractivity contribution in [3.8, 4) is 0 Å². The van der Waals surface area contributed by atoms with Gasteiger partial charge in [-0.25, -0.2) is 12.7 Å². The molecule has 0 unspecified atom stereocenters. The number of hydrogen-bond acceptors (Lipinski definition) is 7. The lowest BCUT2D eigenvalue weighted by molar-refractivity contribution is -0.121. The summed E-state index contributed by atoms with van der Waals surface area (Å²) in [7, 11) is 2.27. The molecule has 0 bridgehead atoms. The average Bonchev–Trinajstić information content (AvgIpc) is 2.76. The quantitative estimate of drug-likeness (QED) is 0.494. The number of morpholine rings is 1. The third kappa shape index (κ3) is 6.63. The van der Waals surface area contributed by atoms with E-state index < -0.39 is 15.9 Å². The number of carbonyl (C=O) groups excluding carboxylic acids is 2. The molecule has 31 heavy (non-hydrogen) atoms. The number of hydrogen-bond donors (Lipinski definition) is 1. The molecule has 2 rings (SSSR count). The smallest absolute Gasteiger partial charge is 0.256 e. The van der Waals surface area contributed by atoms with E-state index in [0.717, 1.165) is 4.31 Å². The zero-order chi connectivity index (χ0) is 23.0. The number of methoxy groups -OCH3 is 1. The van der Waals surface area contributed by atoms with Crippen molar-refractivity contribution in [2.45, 2.75) is 11.3 Å². The van der Waals surface area contributed by atoms with Crippen molar-refractivity contribution in [2.75, 3.05) is 79.2 Å². The van der Waals surface area contributed by atoms with Gasteiger partial charge in [-0.2, -0.15) is 0 Å². The minimum absolute atomic E-state index is 0.0234. The predicted molar refractivity (Wildman–Crippen MR) is 117 cm³/mol. The Morgan fingerprint density at radius 3 is 2.48 bits per heavy atom. The van der Waals surface area contributed by atoms with Gasteiger partial charge in [-0.05, 0) is 24.6 Å². The number of anilines is 1. The Bertz CT molecular complexity index is 868. The highest BCUT2D eigenvalue weighted by atomic mass is 32.2. The number of likely N-dealkylation sites (N-methyl/N-ethyl adjacent to an activating group) is 1. The Morgan fingerprint density at radius 1 is 1.19 bits per heavy atom. The first kappa shape index (κ1) is 25.1. The van der Waals surface area contributed by atoms with Crippen molar-refractivity contribution in [1.82, 2.24) is 14.5 Å². The zero-order valence-corrected chi connectivity index (χ0v) is 19.4. The monoisotopic (exact) mass is 456 g/mol. The lowest BCUT2D eigenvalue weighted by Gasteiger charge is -2.31. The fourth-order valence-corrected chi connectivity index (χ4v) is 4.06. The summed E-state index contributed by atoms with van der Waals surface area (Å²) < 4.78 is 36.6. The standard InChI is InChI=1S/C20H32N4O6S/c1-22(2)31(27,28)16-6-7-18(24-9-12-30-13-10-24)17(14-16)20(26)23(3)15-19(25)21-8-5-11-29-4/h6-7,14H,5,8-13,15H2,1-4H3,(H,21,25). The number of sulfonamides is 1. The molecule has 0 aromatic heterocycles. The highest BCUT2D eigenvalue weighted by Crippen LogP contribution is 2.27. The van der Waals surface area contributed by atoms with Gasteiger partial charge in [-0.15, -0.1) is 0 Å². The van der Waals surface area contributed by atoms with E-state index in [9.17, 15) is 18.0 Å². The van der Waals surface area contributed by atoms with Crippen LogP contribution >= 0.6 is 0 Å². The minimum atomic E-state index is -3.72. The first-order chi connectivity index (χ1) is 14.7. The fraction of sp³-hybridized carbons (Fsp3) is 0.600. The van der Waals surface area contributed by atoms with Gasteiger partial charge in [0.2, 0.25) is 15.9 Å². The molecule has 1 aliphatic rings. The Hall–Kier alpha value is -2.21. The summed E-state index contributed by atoms with van der Waals surface area (Å²) in [6.07, 6.45) is 0.672. The van der Waals surface area contributed by atoms with Crippen LogP contribution < -0.4 is 10.2 Å². The summed E-state index contributed by atoms with van der Waals surface area (Å²) in [4.78, 5) is 28.7. The summed E-state index contributed by atoms with van der Waals surface area (Å²) in [6.45, 7) is 3.05. The van der Waals surface area contributed by atoms with E-state index in [2.05, 4.69) is 5.32 Å². The van der Waals surface area contributed by atoms with Crippen molar-refractivity contribution >= 4 is 27.5 Å². The zero-order valence-electron chi connectivity index (χ0n) is 18.6. The molecule has 0 aliphatic carbocycles. The summed E-state index contributed by atoms with van der Waals surface area (Å²) in [6, 6.07) is 4.53. The van der Waals surface area contributed by atoms with E-state index in [4.69, 9.17) is 9.47 Å². The maximum Gasteiger partial charge on any atom is 0.256 e. The first-order valence-corrected chi connectivity index (χ1v) is 11.5. The van der Waals surface area contributed by atoms with E-state index in [1.54, 1.807) is 13.2 Å². The molecule has 1 fully saturated rings. The van der Waals surface area contributed by atoms with Crippen LogP contribution in [0.5, 0.6) is 0 Å². The van der Waals surface area contributed by atoms with Gasteiger partial charge in [0.1, 0.15) is 0 Å². The fourth-order valence-electron chi connectivity index (χ4n) is 3.13. The van der Waals surface area contributed by atoms with Crippen LogP contribution in [-0.2, 0) is 24.3 Å². The largest absolute Gasteiger partial charge is 0.385 e. The minimum Gasteiger partial charge on any atom is -0.385 e. The average molecular weight is 457 g/mol. The van der Waals surface area contributed by atoms with Gasteiger partial charge < -0.3 is 24.6 Å².